The fourth-order valence-electron chi connectivity index (χ4n) is 2.11. The highest BCUT2D eigenvalue weighted by Gasteiger charge is 2.20. The molecule has 0 radical (unpaired) electrons. The van der Waals surface area contributed by atoms with Crippen molar-refractivity contribution in [3.63, 3.8) is 0 Å². The molecule has 0 spiro atoms. The van der Waals surface area contributed by atoms with Gasteiger partial charge in [0, 0.05) is 25.2 Å². The lowest BCUT2D eigenvalue weighted by Gasteiger charge is -2.30. The molecule has 0 aromatic heterocycles. The van der Waals surface area contributed by atoms with E-state index in [1.165, 1.54) is 6.07 Å². The Morgan fingerprint density at radius 2 is 2.25 bits per heavy atom. The quantitative estimate of drug-likeness (QED) is 0.789. The van der Waals surface area contributed by atoms with Crippen molar-refractivity contribution < 1.29 is 14.6 Å². The molecular weight excluding hydrogens is 209 g/mol. The summed E-state index contributed by atoms with van der Waals surface area (Å²) in [4.78, 5) is 1.96. The Balaban J connectivity index is 2.08. The third-order valence-electron chi connectivity index (χ3n) is 2.97. The Labute approximate surface area is 94.1 Å². The number of β-amino-alcohol motifs (C(OH)–C–C–N with tert-alkyl or cyclic N) is 1. The van der Waals surface area contributed by atoms with Crippen LogP contribution in [0.5, 0.6) is 0 Å². The van der Waals surface area contributed by atoms with Crippen molar-refractivity contribution in [3.05, 3.63) is 35.1 Å². The monoisotopic (exact) mass is 225 g/mol. The maximum Gasteiger partial charge on any atom is 0.127 e. The minimum atomic E-state index is -0.742. The van der Waals surface area contributed by atoms with E-state index in [0.717, 1.165) is 24.1 Å². The first kappa shape index (κ1) is 11.5. The molecule has 1 aromatic carbocycles. The van der Waals surface area contributed by atoms with Gasteiger partial charge in [0.05, 0.1) is 12.7 Å². The fraction of sp³-hybridized carbons (Fsp3) is 0.500. The van der Waals surface area contributed by atoms with Crippen LogP contribution < -0.4 is 0 Å². The van der Waals surface area contributed by atoms with E-state index in [1.807, 2.05) is 11.0 Å². The Hall–Kier alpha value is -0.970. The van der Waals surface area contributed by atoms with E-state index in [2.05, 4.69) is 0 Å². The molecule has 2 N–H and O–H groups in total. The molecule has 2 rings (SSSR count). The number of hydrogen-bond donors (Lipinski definition) is 2. The van der Waals surface area contributed by atoms with E-state index in [0.29, 0.717) is 13.1 Å². The Morgan fingerprint density at radius 1 is 1.44 bits per heavy atom. The van der Waals surface area contributed by atoms with E-state index in [1.54, 1.807) is 6.07 Å². The maximum absolute atomic E-state index is 13.5. The van der Waals surface area contributed by atoms with Crippen molar-refractivity contribution in [2.24, 2.45) is 0 Å². The highest BCUT2D eigenvalue weighted by molar-refractivity contribution is 5.30. The maximum atomic E-state index is 13.5. The lowest BCUT2D eigenvalue weighted by Crippen LogP contribution is -2.38. The summed E-state index contributed by atoms with van der Waals surface area (Å²) >= 11 is 0. The molecule has 1 aromatic rings. The average molecular weight is 225 g/mol. The molecule has 1 atom stereocenters. The van der Waals surface area contributed by atoms with E-state index >= 15 is 0 Å². The Bertz CT molecular complexity index is 370. The number of rotatable bonds is 3. The molecule has 1 unspecified atom stereocenters. The van der Waals surface area contributed by atoms with E-state index in [4.69, 9.17) is 5.11 Å². The van der Waals surface area contributed by atoms with Crippen LogP contribution in [0.3, 0.4) is 0 Å². The molecule has 4 heteroatoms. The lowest BCUT2D eigenvalue weighted by molar-refractivity contribution is 0.0546. The van der Waals surface area contributed by atoms with E-state index in [9.17, 15) is 9.50 Å². The lowest BCUT2D eigenvalue weighted by atomic mass is 9.99. The molecule has 0 bridgehead atoms. The normalized spacial score (nSPS) is 18.2. The van der Waals surface area contributed by atoms with Crippen LogP contribution in [0.15, 0.2) is 18.2 Å². The van der Waals surface area contributed by atoms with Crippen molar-refractivity contribution in [3.8, 4) is 0 Å². The third kappa shape index (κ3) is 2.40. The number of nitrogens with zero attached hydrogens (tertiary/aromatic N) is 1. The van der Waals surface area contributed by atoms with Gasteiger partial charge in [0.2, 0.25) is 0 Å². The van der Waals surface area contributed by atoms with Gasteiger partial charge in [-0.3, -0.25) is 4.90 Å². The van der Waals surface area contributed by atoms with Crippen LogP contribution in [-0.2, 0) is 13.0 Å². The second-order valence-electron chi connectivity index (χ2n) is 4.20. The SMILES string of the molecule is OCC(O)CN1CCc2cccc(F)c2C1. The van der Waals surface area contributed by atoms with Gasteiger partial charge in [-0.1, -0.05) is 12.1 Å². The number of hydrogen-bond acceptors (Lipinski definition) is 3. The van der Waals surface area contributed by atoms with Crippen molar-refractivity contribution >= 4 is 0 Å². The summed E-state index contributed by atoms with van der Waals surface area (Å²) in [7, 11) is 0. The molecule has 0 aliphatic carbocycles. The summed E-state index contributed by atoms with van der Waals surface area (Å²) < 4.78 is 13.5. The molecule has 0 fully saturated rings. The first-order chi connectivity index (χ1) is 7.70. The van der Waals surface area contributed by atoms with Crippen LogP contribution in [0.1, 0.15) is 11.1 Å². The Kier molecular flexibility index (Phi) is 3.53. The molecule has 0 saturated carbocycles. The molecule has 0 amide bonds. The topological polar surface area (TPSA) is 43.7 Å². The van der Waals surface area contributed by atoms with Gasteiger partial charge in [-0.05, 0) is 18.1 Å². The number of aliphatic hydroxyl groups excluding tert-OH is 2. The predicted molar refractivity (Wildman–Crippen MR) is 58.5 cm³/mol. The molecule has 16 heavy (non-hydrogen) atoms. The van der Waals surface area contributed by atoms with Gasteiger partial charge in [0.25, 0.3) is 0 Å². The van der Waals surface area contributed by atoms with Crippen molar-refractivity contribution in [1.82, 2.24) is 4.90 Å². The van der Waals surface area contributed by atoms with Crippen LogP contribution in [0.25, 0.3) is 0 Å². The number of fused-ring (bicyclic) bond motifs is 1. The Morgan fingerprint density at radius 3 is 3.00 bits per heavy atom. The highest BCUT2D eigenvalue weighted by atomic mass is 19.1. The summed E-state index contributed by atoms with van der Waals surface area (Å²) in [5.41, 5.74) is 1.77. The van der Waals surface area contributed by atoms with Crippen molar-refractivity contribution in [2.75, 3.05) is 19.7 Å². The molecule has 1 heterocycles. The third-order valence-corrected chi connectivity index (χ3v) is 2.97. The van der Waals surface area contributed by atoms with Crippen LogP contribution >= 0.6 is 0 Å². The van der Waals surface area contributed by atoms with Gasteiger partial charge in [0.15, 0.2) is 0 Å². The summed E-state index contributed by atoms with van der Waals surface area (Å²) in [6.07, 6.45) is 0.0546. The molecule has 1 aliphatic heterocycles. The van der Waals surface area contributed by atoms with Crippen molar-refractivity contribution in [1.29, 1.82) is 0 Å². The molecule has 1 aliphatic rings. The number of halogens is 1. The van der Waals surface area contributed by atoms with E-state index in [-0.39, 0.29) is 12.4 Å². The van der Waals surface area contributed by atoms with Gasteiger partial charge in [-0.25, -0.2) is 4.39 Å². The van der Waals surface area contributed by atoms with E-state index < -0.39 is 6.10 Å². The smallest absolute Gasteiger partial charge is 0.127 e. The first-order valence-electron chi connectivity index (χ1n) is 5.48. The fourth-order valence-corrected chi connectivity index (χ4v) is 2.11. The van der Waals surface area contributed by atoms with Crippen LogP contribution in [0, 0.1) is 5.82 Å². The van der Waals surface area contributed by atoms with Gasteiger partial charge < -0.3 is 10.2 Å². The zero-order chi connectivity index (χ0) is 11.5. The van der Waals surface area contributed by atoms with Crippen molar-refractivity contribution in [2.45, 2.75) is 19.1 Å². The second-order valence-corrected chi connectivity index (χ2v) is 4.20. The minimum absolute atomic E-state index is 0.180. The number of aliphatic hydroxyl groups is 2. The van der Waals surface area contributed by atoms with Gasteiger partial charge in [-0.2, -0.15) is 0 Å². The van der Waals surface area contributed by atoms with Crippen LogP contribution in [0.2, 0.25) is 0 Å². The predicted octanol–water partition coefficient (Wildman–Crippen LogP) is 0.537. The van der Waals surface area contributed by atoms with Gasteiger partial charge >= 0.3 is 0 Å². The van der Waals surface area contributed by atoms with Crippen LogP contribution in [0.4, 0.5) is 4.39 Å². The summed E-state index contributed by atoms with van der Waals surface area (Å²) in [5, 5.41) is 18.1. The van der Waals surface area contributed by atoms with Gasteiger partial charge in [0.1, 0.15) is 5.82 Å². The highest BCUT2D eigenvalue weighted by Crippen LogP contribution is 2.21. The molecular formula is C12H16FNO2. The molecule has 88 valence electrons. The first-order valence-corrected chi connectivity index (χ1v) is 5.48. The zero-order valence-electron chi connectivity index (χ0n) is 9.06. The summed E-state index contributed by atoms with van der Waals surface area (Å²) in [6.45, 7) is 1.46. The standard InChI is InChI=1S/C12H16FNO2/c13-12-3-1-2-9-4-5-14(7-11(9)12)6-10(16)8-15/h1-3,10,15-16H,4-8H2. The number of benzene rings is 1. The largest absolute Gasteiger partial charge is 0.394 e. The molecule has 3 nitrogen and oxygen atoms in total. The van der Waals surface area contributed by atoms with Crippen LogP contribution in [-0.4, -0.2) is 40.9 Å². The molecule has 0 saturated heterocycles. The van der Waals surface area contributed by atoms with Gasteiger partial charge in [-0.15, -0.1) is 0 Å². The zero-order valence-corrected chi connectivity index (χ0v) is 9.06. The second kappa shape index (κ2) is 4.91. The summed E-state index contributed by atoms with van der Waals surface area (Å²) in [6, 6.07) is 5.13. The summed E-state index contributed by atoms with van der Waals surface area (Å²) in [5.74, 6) is -0.180. The average Bonchev–Trinajstić information content (AvgIpc) is 2.30. The minimum Gasteiger partial charge on any atom is -0.394 e.